The molecule has 0 aromatic carbocycles. The first-order valence-electron chi connectivity index (χ1n) is 6.27. The molecule has 0 aromatic heterocycles. The standard InChI is InChI=1S/C11H28O3SSi/c1-6-12-15(8-7-9-16,13-10(2)3)14-11(4)5/h10-11H,6-9H2,1-5,16H3. The minimum absolute atomic E-state index is 0.148. The topological polar surface area (TPSA) is 27.7 Å². The van der Waals surface area contributed by atoms with Crippen LogP contribution in [0.15, 0.2) is 0 Å². The summed E-state index contributed by atoms with van der Waals surface area (Å²) in [6, 6.07) is 1.27. The van der Waals surface area contributed by atoms with Gasteiger partial charge in [0.05, 0.1) is 29.7 Å². The van der Waals surface area contributed by atoms with E-state index >= 15 is 0 Å². The molecule has 0 aliphatic carbocycles. The van der Waals surface area contributed by atoms with Gasteiger partial charge in [0.25, 0.3) is 0 Å². The predicted octanol–water partition coefficient (Wildman–Crippen LogP) is 2.60. The van der Waals surface area contributed by atoms with Crippen LogP contribution in [0.2, 0.25) is 6.04 Å². The molecule has 0 spiro atoms. The van der Waals surface area contributed by atoms with Crippen molar-refractivity contribution in [3.8, 4) is 0 Å². The average Bonchev–Trinajstić information content (AvgIpc) is 2.13. The molecule has 0 fully saturated rings. The van der Waals surface area contributed by atoms with Crippen LogP contribution in [0.1, 0.15) is 41.0 Å². The zero-order chi connectivity index (χ0) is 12.6. The van der Waals surface area contributed by atoms with Crippen LogP contribution < -0.4 is 0 Å². The molecule has 0 atom stereocenters. The maximum Gasteiger partial charge on any atom is 0.0892 e. The third-order valence-electron chi connectivity index (χ3n) is 1.72. The normalized spacial score (nSPS) is 13.9. The molecule has 3 nitrogen and oxygen atoms in total. The maximum atomic E-state index is 5.95. The summed E-state index contributed by atoms with van der Waals surface area (Å²) in [5.41, 5.74) is 0. The fourth-order valence-corrected chi connectivity index (χ4v) is 4.83. The average molecular weight is 268 g/mol. The first-order valence-corrected chi connectivity index (χ1v) is 9.26. The lowest BCUT2D eigenvalue weighted by molar-refractivity contribution is 0.124. The molecule has 0 heterocycles. The SMILES string of the molecule is CCOS(CCC[SiH3])(OC(C)C)OC(C)C. The summed E-state index contributed by atoms with van der Waals surface area (Å²) in [5.74, 6) is 0.903. The highest BCUT2D eigenvalue weighted by Gasteiger charge is 2.29. The maximum absolute atomic E-state index is 5.95. The smallest absolute Gasteiger partial charge is 0.0892 e. The van der Waals surface area contributed by atoms with Crippen molar-refractivity contribution in [1.29, 1.82) is 0 Å². The molecule has 0 saturated carbocycles. The molecule has 0 bridgehead atoms. The Morgan fingerprint density at radius 1 is 1.06 bits per heavy atom. The van der Waals surface area contributed by atoms with Crippen LogP contribution in [0.5, 0.6) is 0 Å². The molecule has 0 aromatic rings. The van der Waals surface area contributed by atoms with Crippen LogP contribution in [-0.4, -0.2) is 34.8 Å². The third kappa shape index (κ3) is 6.91. The van der Waals surface area contributed by atoms with E-state index in [4.69, 9.17) is 12.5 Å². The summed E-state index contributed by atoms with van der Waals surface area (Å²) in [6.45, 7) is 10.8. The van der Waals surface area contributed by atoms with Crippen LogP contribution in [-0.2, 0) is 12.5 Å². The lowest BCUT2D eigenvalue weighted by atomic mass is 10.5. The van der Waals surface area contributed by atoms with Gasteiger partial charge in [-0.25, -0.2) is 0 Å². The largest absolute Gasteiger partial charge is 0.293 e. The Bertz CT molecular complexity index is 167. The second-order valence-corrected chi connectivity index (χ2v) is 7.46. The zero-order valence-corrected chi connectivity index (χ0v) is 14.4. The molecule has 0 aliphatic heterocycles. The molecule has 0 radical (unpaired) electrons. The van der Waals surface area contributed by atoms with Crippen molar-refractivity contribution in [3.63, 3.8) is 0 Å². The molecule has 16 heavy (non-hydrogen) atoms. The third-order valence-corrected chi connectivity index (χ3v) is 5.17. The first-order chi connectivity index (χ1) is 7.45. The van der Waals surface area contributed by atoms with E-state index in [1.807, 2.05) is 34.6 Å². The van der Waals surface area contributed by atoms with Gasteiger partial charge in [0.2, 0.25) is 0 Å². The van der Waals surface area contributed by atoms with Gasteiger partial charge >= 0.3 is 0 Å². The van der Waals surface area contributed by atoms with Gasteiger partial charge in [-0.2, -0.15) is 0 Å². The summed E-state index contributed by atoms with van der Waals surface area (Å²) in [4.78, 5) is 0. The lowest BCUT2D eigenvalue weighted by Crippen LogP contribution is -2.22. The highest BCUT2D eigenvalue weighted by Crippen LogP contribution is 2.54. The Morgan fingerprint density at radius 2 is 1.56 bits per heavy atom. The quantitative estimate of drug-likeness (QED) is 0.602. The number of hydrogen-bond acceptors (Lipinski definition) is 3. The highest BCUT2D eigenvalue weighted by molar-refractivity contribution is 8.21. The van der Waals surface area contributed by atoms with E-state index in [9.17, 15) is 0 Å². The molecule has 0 unspecified atom stereocenters. The van der Waals surface area contributed by atoms with Crippen LogP contribution in [0, 0.1) is 0 Å². The Hall–Kier alpha value is 0.447. The van der Waals surface area contributed by atoms with Crippen molar-refractivity contribution in [2.24, 2.45) is 0 Å². The van der Waals surface area contributed by atoms with Crippen LogP contribution >= 0.6 is 10.9 Å². The molecule has 0 N–H and O–H groups in total. The van der Waals surface area contributed by atoms with Crippen LogP contribution in [0.3, 0.4) is 0 Å². The monoisotopic (exact) mass is 268 g/mol. The van der Waals surface area contributed by atoms with E-state index < -0.39 is 10.9 Å². The minimum Gasteiger partial charge on any atom is -0.293 e. The molecule has 5 heteroatoms. The minimum atomic E-state index is -1.79. The summed E-state index contributed by atoms with van der Waals surface area (Å²) in [7, 11) is -0.554. The first kappa shape index (κ1) is 16.4. The van der Waals surface area contributed by atoms with Gasteiger partial charge < -0.3 is 0 Å². The molecule has 0 saturated heterocycles. The predicted molar refractivity (Wildman–Crippen MR) is 75.9 cm³/mol. The van der Waals surface area contributed by atoms with Crippen molar-refractivity contribution in [1.82, 2.24) is 0 Å². The fourth-order valence-electron chi connectivity index (χ4n) is 1.32. The zero-order valence-electron chi connectivity index (χ0n) is 11.6. The van der Waals surface area contributed by atoms with E-state index in [-0.39, 0.29) is 12.2 Å². The van der Waals surface area contributed by atoms with Crippen molar-refractivity contribution in [2.45, 2.75) is 59.3 Å². The van der Waals surface area contributed by atoms with Gasteiger partial charge in [-0.3, -0.25) is 12.5 Å². The van der Waals surface area contributed by atoms with Gasteiger partial charge in [0.1, 0.15) is 0 Å². The molecule has 0 rings (SSSR count). The van der Waals surface area contributed by atoms with E-state index in [2.05, 4.69) is 0 Å². The molecule has 0 aliphatic rings. The van der Waals surface area contributed by atoms with Gasteiger partial charge in [0, 0.05) is 16.0 Å². The van der Waals surface area contributed by atoms with Gasteiger partial charge in [-0.05, 0) is 41.0 Å². The second-order valence-electron chi connectivity index (χ2n) is 4.31. The molecular formula is C11H28O3SSi. The van der Waals surface area contributed by atoms with E-state index in [0.29, 0.717) is 6.61 Å². The lowest BCUT2D eigenvalue weighted by Gasteiger charge is -2.40. The van der Waals surface area contributed by atoms with Gasteiger partial charge in [-0.1, -0.05) is 6.04 Å². The van der Waals surface area contributed by atoms with Gasteiger partial charge in [-0.15, -0.1) is 0 Å². The Kier molecular flexibility index (Phi) is 8.76. The Labute approximate surface area is 106 Å². The summed E-state index contributed by atoms with van der Waals surface area (Å²) < 4.78 is 17.7. The summed E-state index contributed by atoms with van der Waals surface area (Å²) in [6.07, 6.45) is 1.44. The highest BCUT2D eigenvalue weighted by atomic mass is 32.3. The number of hydrogen-bond donors (Lipinski definition) is 0. The molecular weight excluding hydrogens is 240 g/mol. The molecule has 0 amide bonds. The summed E-state index contributed by atoms with van der Waals surface area (Å²) >= 11 is 0. The Morgan fingerprint density at radius 3 is 1.88 bits per heavy atom. The molecule has 100 valence electrons. The van der Waals surface area contributed by atoms with Gasteiger partial charge in [0.15, 0.2) is 0 Å². The summed E-state index contributed by atoms with van der Waals surface area (Å²) in [5, 5.41) is 0. The van der Waals surface area contributed by atoms with E-state index in [1.54, 1.807) is 0 Å². The van der Waals surface area contributed by atoms with Crippen molar-refractivity contribution < 1.29 is 12.5 Å². The van der Waals surface area contributed by atoms with Crippen molar-refractivity contribution in [3.05, 3.63) is 0 Å². The van der Waals surface area contributed by atoms with Crippen molar-refractivity contribution >= 4 is 21.1 Å². The van der Waals surface area contributed by atoms with Crippen LogP contribution in [0.25, 0.3) is 0 Å². The number of rotatable bonds is 9. The second kappa shape index (κ2) is 8.52. The van der Waals surface area contributed by atoms with Crippen molar-refractivity contribution in [2.75, 3.05) is 12.4 Å². The fraction of sp³-hybridized carbons (Fsp3) is 1.00. The van der Waals surface area contributed by atoms with E-state index in [1.165, 1.54) is 16.3 Å². The van der Waals surface area contributed by atoms with E-state index in [0.717, 1.165) is 12.2 Å². The van der Waals surface area contributed by atoms with Crippen LogP contribution in [0.4, 0.5) is 0 Å². The Balaban J connectivity index is 4.58.